The fourth-order valence-electron chi connectivity index (χ4n) is 4.34. The summed E-state index contributed by atoms with van der Waals surface area (Å²) in [4.78, 5) is 19.9. The molecule has 188 valence electrons. The lowest BCUT2D eigenvalue weighted by Gasteiger charge is -2.23. The number of hydrogen-bond donors (Lipinski definition) is 0. The second kappa shape index (κ2) is 10.5. The lowest BCUT2D eigenvalue weighted by molar-refractivity contribution is -0.113. The first-order chi connectivity index (χ1) is 18.0. The van der Waals surface area contributed by atoms with Crippen molar-refractivity contribution in [2.75, 3.05) is 33.2 Å². The monoisotopic (exact) mass is 512 g/mol. The SMILES string of the molecule is COc1ccc(/C=C2\SC(N3N=C(c4ccccc4)CC3c3ccc(N(C)C)cc3)=NC2=O)cc1OC. The summed E-state index contributed by atoms with van der Waals surface area (Å²) in [7, 11) is 7.23. The van der Waals surface area contributed by atoms with E-state index >= 15 is 0 Å². The van der Waals surface area contributed by atoms with E-state index in [2.05, 4.69) is 46.3 Å². The number of ether oxygens (including phenoxy) is 2. The Morgan fingerprint density at radius 1 is 0.973 bits per heavy atom. The molecule has 2 aliphatic rings. The van der Waals surface area contributed by atoms with E-state index < -0.39 is 0 Å². The predicted octanol–water partition coefficient (Wildman–Crippen LogP) is 5.59. The Morgan fingerprint density at radius 3 is 2.38 bits per heavy atom. The molecule has 2 heterocycles. The minimum absolute atomic E-state index is 0.0640. The third-order valence-electron chi connectivity index (χ3n) is 6.32. The second-order valence-electron chi connectivity index (χ2n) is 8.89. The van der Waals surface area contributed by atoms with Crippen molar-refractivity contribution in [1.29, 1.82) is 0 Å². The first-order valence-corrected chi connectivity index (χ1v) is 12.7. The summed E-state index contributed by atoms with van der Waals surface area (Å²) < 4.78 is 10.7. The van der Waals surface area contributed by atoms with E-state index in [1.165, 1.54) is 11.8 Å². The van der Waals surface area contributed by atoms with Gasteiger partial charge in [0.2, 0.25) is 0 Å². The van der Waals surface area contributed by atoms with Gasteiger partial charge in [0.05, 0.1) is 30.9 Å². The lowest BCUT2D eigenvalue weighted by atomic mass is 9.98. The van der Waals surface area contributed by atoms with Crippen molar-refractivity contribution in [3.05, 3.63) is 94.4 Å². The van der Waals surface area contributed by atoms with E-state index in [0.29, 0.717) is 28.0 Å². The average Bonchev–Trinajstić information content (AvgIpc) is 3.53. The summed E-state index contributed by atoms with van der Waals surface area (Å²) >= 11 is 1.34. The minimum Gasteiger partial charge on any atom is -0.493 e. The summed E-state index contributed by atoms with van der Waals surface area (Å²) in [6.07, 6.45) is 2.54. The van der Waals surface area contributed by atoms with Crippen molar-refractivity contribution in [1.82, 2.24) is 5.01 Å². The van der Waals surface area contributed by atoms with Crippen LogP contribution in [0.15, 0.2) is 87.8 Å². The van der Waals surface area contributed by atoms with Gasteiger partial charge in [-0.05, 0) is 58.8 Å². The molecular weight excluding hydrogens is 484 g/mol. The molecule has 0 aliphatic carbocycles. The number of carbonyl (C=O) groups excluding carboxylic acids is 1. The molecule has 0 aromatic heterocycles. The molecule has 5 rings (SSSR count). The largest absolute Gasteiger partial charge is 0.493 e. The van der Waals surface area contributed by atoms with Crippen molar-refractivity contribution in [2.45, 2.75) is 12.5 Å². The maximum Gasteiger partial charge on any atom is 0.286 e. The number of nitrogens with zero attached hydrogens (tertiary/aromatic N) is 4. The van der Waals surface area contributed by atoms with Crippen LogP contribution in [-0.2, 0) is 4.79 Å². The highest BCUT2D eigenvalue weighted by Gasteiger charge is 2.36. The Morgan fingerprint density at radius 2 is 1.70 bits per heavy atom. The zero-order valence-electron chi connectivity index (χ0n) is 21.2. The Kier molecular flexibility index (Phi) is 7.01. The molecular formula is C29H28N4O3S. The third kappa shape index (κ3) is 5.11. The van der Waals surface area contributed by atoms with Gasteiger partial charge >= 0.3 is 0 Å². The fourth-order valence-corrected chi connectivity index (χ4v) is 5.25. The number of amidine groups is 1. The minimum atomic E-state index is -0.278. The average molecular weight is 513 g/mol. The molecule has 0 N–H and O–H groups in total. The maximum absolute atomic E-state index is 12.9. The molecule has 0 saturated heterocycles. The third-order valence-corrected chi connectivity index (χ3v) is 7.30. The predicted molar refractivity (Wildman–Crippen MR) is 151 cm³/mol. The summed E-state index contributed by atoms with van der Waals surface area (Å²) in [5, 5.41) is 7.42. The van der Waals surface area contributed by atoms with Crippen LogP contribution in [0.5, 0.6) is 11.5 Å². The summed E-state index contributed by atoms with van der Waals surface area (Å²) in [5.74, 6) is 0.959. The first-order valence-electron chi connectivity index (χ1n) is 11.9. The molecule has 3 aromatic carbocycles. The Hall–Kier alpha value is -4.04. The van der Waals surface area contributed by atoms with Crippen molar-refractivity contribution < 1.29 is 14.3 Å². The standard InChI is InChI=1S/C29H28N4O3S/c1-32(2)22-13-11-21(12-14-22)24-18-23(20-8-6-5-7-9-20)31-33(24)29-30-28(34)27(37-29)17-19-10-15-25(35-3)26(16-19)36-4/h5-17,24H,18H2,1-4H3/b27-17-. The van der Waals surface area contributed by atoms with Gasteiger partial charge in [-0.25, -0.2) is 5.01 Å². The number of anilines is 1. The molecule has 7 nitrogen and oxygen atoms in total. The molecule has 1 unspecified atom stereocenters. The van der Waals surface area contributed by atoms with Crippen LogP contribution in [0.3, 0.4) is 0 Å². The quantitative estimate of drug-likeness (QED) is 0.401. The molecule has 0 spiro atoms. The molecule has 3 aromatic rings. The van der Waals surface area contributed by atoms with Gasteiger partial charge < -0.3 is 14.4 Å². The Bertz CT molecular complexity index is 1400. The molecule has 1 atom stereocenters. The number of carbonyl (C=O) groups is 1. The smallest absolute Gasteiger partial charge is 0.286 e. The highest BCUT2D eigenvalue weighted by atomic mass is 32.2. The Balaban J connectivity index is 1.46. The highest BCUT2D eigenvalue weighted by molar-refractivity contribution is 8.18. The van der Waals surface area contributed by atoms with Gasteiger partial charge in [-0.15, -0.1) is 0 Å². The van der Waals surface area contributed by atoms with E-state index in [-0.39, 0.29) is 11.9 Å². The molecule has 2 aliphatic heterocycles. The van der Waals surface area contributed by atoms with E-state index in [1.807, 2.05) is 61.6 Å². The Labute approximate surface area is 221 Å². The van der Waals surface area contributed by atoms with Gasteiger partial charge in [0.1, 0.15) is 0 Å². The number of hydrazone groups is 1. The van der Waals surface area contributed by atoms with Crippen molar-refractivity contribution in [3.63, 3.8) is 0 Å². The van der Waals surface area contributed by atoms with Gasteiger partial charge in [-0.3, -0.25) is 4.79 Å². The molecule has 8 heteroatoms. The number of amides is 1. The molecule has 1 amide bonds. The van der Waals surface area contributed by atoms with E-state index in [4.69, 9.17) is 14.6 Å². The summed E-state index contributed by atoms with van der Waals surface area (Å²) in [5.41, 5.74) is 5.11. The van der Waals surface area contributed by atoms with Gasteiger partial charge in [0.15, 0.2) is 16.7 Å². The molecule has 37 heavy (non-hydrogen) atoms. The number of hydrogen-bond acceptors (Lipinski definition) is 7. The topological polar surface area (TPSA) is 66.7 Å². The van der Waals surface area contributed by atoms with Crippen molar-refractivity contribution >= 4 is 40.3 Å². The number of rotatable bonds is 6. The maximum atomic E-state index is 12.9. The second-order valence-corrected chi connectivity index (χ2v) is 9.90. The van der Waals surface area contributed by atoms with Crippen LogP contribution in [0.25, 0.3) is 6.08 Å². The number of thioether (sulfide) groups is 1. The van der Waals surface area contributed by atoms with E-state index in [0.717, 1.165) is 28.1 Å². The van der Waals surface area contributed by atoms with Gasteiger partial charge in [0, 0.05) is 26.2 Å². The van der Waals surface area contributed by atoms with Crippen LogP contribution >= 0.6 is 11.8 Å². The first kappa shape index (κ1) is 24.6. The van der Waals surface area contributed by atoms with E-state index in [9.17, 15) is 4.79 Å². The van der Waals surface area contributed by atoms with Gasteiger partial charge in [-0.2, -0.15) is 10.1 Å². The van der Waals surface area contributed by atoms with Crippen LogP contribution in [0.1, 0.15) is 29.2 Å². The molecule has 0 radical (unpaired) electrons. The van der Waals surface area contributed by atoms with Gasteiger partial charge in [0.25, 0.3) is 5.91 Å². The number of aliphatic imine (C=N–C) groups is 1. The molecule has 0 bridgehead atoms. The molecule has 0 saturated carbocycles. The van der Waals surface area contributed by atoms with Gasteiger partial charge in [-0.1, -0.05) is 48.5 Å². The fraction of sp³-hybridized carbons (Fsp3) is 0.207. The van der Waals surface area contributed by atoms with Crippen LogP contribution in [-0.4, -0.2) is 50.1 Å². The van der Waals surface area contributed by atoms with Crippen LogP contribution in [0, 0.1) is 0 Å². The van der Waals surface area contributed by atoms with Crippen molar-refractivity contribution in [3.8, 4) is 11.5 Å². The zero-order chi connectivity index (χ0) is 25.9. The van der Waals surface area contributed by atoms with Crippen LogP contribution in [0.4, 0.5) is 5.69 Å². The number of benzene rings is 3. The molecule has 0 fully saturated rings. The zero-order valence-corrected chi connectivity index (χ0v) is 22.0. The van der Waals surface area contributed by atoms with Crippen molar-refractivity contribution in [2.24, 2.45) is 10.1 Å². The lowest BCUT2D eigenvalue weighted by Crippen LogP contribution is -2.23. The highest BCUT2D eigenvalue weighted by Crippen LogP contribution is 2.40. The summed E-state index contributed by atoms with van der Waals surface area (Å²) in [6.45, 7) is 0. The van der Waals surface area contributed by atoms with E-state index in [1.54, 1.807) is 14.2 Å². The van der Waals surface area contributed by atoms with Crippen LogP contribution in [0.2, 0.25) is 0 Å². The summed E-state index contributed by atoms with van der Waals surface area (Å²) in [6, 6.07) is 24.1. The van der Waals surface area contributed by atoms with Crippen LogP contribution < -0.4 is 14.4 Å². The number of methoxy groups -OCH3 is 2. The normalized spacial score (nSPS) is 18.2.